The van der Waals surface area contributed by atoms with Crippen LogP contribution < -0.4 is 9.47 Å². The second kappa shape index (κ2) is 8.29. The molecule has 1 aliphatic carbocycles. The van der Waals surface area contributed by atoms with Crippen LogP contribution in [0.25, 0.3) is 0 Å². The molecule has 3 rings (SSSR count). The third-order valence-electron chi connectivity index (χ3n) is 5.30. The quantitative estimate of drug-likeness (QED) is 0.655. The molecule has 1 saturated heterocycles. The Hall–Kier alpha value is -2.09. The van der Waals surface area contributed by atoms with Gasteiger partial charge in [-0.3, -0.25) is 9.59 Å². The Morgan fingerprint density at radius 3 is 2.56 bits per heavy atom. The van der Waals surface area contributed by atoms with Crippen molar-refractivity contribution in [3.63, 3.8) is 0 Å². The maximum absolute atomic E-state index is 12.9. The van der Waals surface area contributed by atoms with E-state index in [1.807, 2.05) is 0 Å². The molecule has 8 heteroatoms. The number of carbonyl (C=O) groups is 2. The summed E-state index contributed by atoms with van der Waals surface area (Å²) in [4.78, 5) is 25.9. The summed E-state index contributed by atoms with van der Waals surface area (Å²) < 4.78 is 34.5. The summed E-state index contributed by atoms with van der Waals surface area (Å²) in [6.45, 7) is -0.222. The number of hydrogen-bond donors (Lipinski definition) is 0. The standard InChI is InChI=1S/C19H25NO6S/c1-25-17-6-7-18(14(10-17)11-21)26-12-19(22)20(15-4-2-3-5-15)16-8-9-27(23,24)13-16/h6-7,10-11,15-16H,2-5,8-9,12-13H2,1H3/t16-/m1/s1. The van der Waals surface area contributed by atoms with Crippen LogP contribution >= 0.6 is 0 Å². The van der Waals surface area contributed by atoms with Crippen molar-refractivity contribution in [3.05, 3.63) is 23.8 Å². The molecule has 0 unspecified atom stereocenters. The Morgan fingerprint density at radius 2 is 1.96 bits per heavy atom. The number of amides is 1. The van der Waals surface area contributed by atoms with Gasteiger partial charge in [0.1, 0.15) is 11.5 Å². The summed E-state index contributed by atoms with van der Waals surface area (Å²) >= 11 is 0. The Labute approximate surface area is 159 Å². The minimum atomic E-state index is -3.08. The fourth-order valence-corrected chi connectivity index (χ4v) is 5.69. The molecule has 7 nitrogen and oxygen atoms in total. The van der Waals surface area contributed by atoms with Crippen molar-refractivity contribution < 1.29 is 27.5 Å². The molecule has 1 heterocycles. The second-order valence-corrected chi connectivity index (χ2v) is 9.34. The van der Waals surface area contributed by atoms with Crippen LogP contribution in [0.5, 0.6) is 11.5 Å². The van der Waals surface area contributed by atoms with Crippen molar-refractivity contribution in [2.45, 2.75) is 44.2 Å². The lowest BCUT2D eigenvalue weighted by atomic mass is 10.1. The molecule has 0 bridgehead atoms. The molecule has 148 valence electrons. The summed E-state index contributed by atoms with van der Waals surface area (Å²) in [7, 11) is -1.58. The number of ether oxygens (including phenoxy) is 2. The zero-order valence-electron chi connectivity index (χ0n) is 15.4. The molecular weight excluding hydrogens is 370 g/mol. The number of benzene rings is 1. The highest BCUT2D eigenvalue weighted by atomic mass is 32.2. The largest absolute Gasteiger partial charge is 0.497 e. The van der Waals surface area contributed by atoms with E-state index in [-0.39, 0.29) is 36.1 Å². The summed E-state index contributed by atoms with van der Waals surface area (Å²) in [5.41, 5.74) is 0.304. The van der Waals surface area contributed by atoms with Gasteiger partial charge in [0.15, 0.2) is 22.7 Å². The van der Waals surface area contributed by atoms with Gasteiger partial charge >= 0.3 is 0 Å². The van der Waals surface area contributed by atoms with E-state index in [1.165, 1.54) is 7.11 Å². The molecule has 2 fully saturated rings. The second-order valence-electron chi connectivity index (χ2n) is 7.11. The molecule has 1 aromatic carbocycles. The number of rotatable bonds is 7. The van der Waals surface area contributed by atoms with Crippen LogP contribution in [0.2, 0.25) is 0 Å². The summed E-state index contributed by atoms with van der Waals surface area (Å²) in [6, 6.07) is 4.59. The number of nitrogens with zero attached hydrogens (tertiary/aromatic N) is 1. The predicted molar refractivity (Wildman–Crippen MR) is 100 cm³/mol. The lowest BCUT2D eigenvalue weighted by Gasteiger charge is -2.34. The van der Waals surface area contributed by atoms with Gasteiger partial charge < -0.3 is 14.4 Å². The van der Waals surface area contributed by atoms with Crippen LogP contribution in [0.15, 0.2) is 18.2 Å². The van der Waals surface area contributed by atoms with Crippen molar-refractivity contribution in [2.24, 2.45) is 0 Å². The molecule has 0 spiro atoms. The molecule has 1 saturated carbocycles. The minimum Gasteiger partial charge on any atom is -0.497 e. The van der Waals surface area contributed by atoms with Crippen LogP contribution in [-0.2, 0) is 14.6 Å². The number of aldehydes is 1. The van der Waals surface area contributed by atoms with Crippen molar-refractivity contribution in [1.29, 1.82) is 0 Å². The molecule has 2 aliphatic rings. The zero-order chi connectivity index (χ0) is 19.4. The number of sulfone groups is 1. The average Bonchev–Trinajstić information content (AvgIpc) is 3.30. The van der Waals surface area contributed by atoms with Crippen LogP contribution in [0, 0.1) is 0 Å². The van der Waals surface area contributed by atoms with Crippen LogP contribution in [0.4, 0.5) is 0 Å². The van der Waals surface area contributed by atoms with Crippen LogP contribution in [0.3, 0.4) is 0 Å². The van der Waals surface area contributed by atoms with E-state index in [9.17, 15) is 18.0 Å². The number of hydrogen-bond acceptors (Lipinski definition) is 6. The van der Waals surface area contributed by atoms with Gasteiger partial charge in [-0.15, -0.1) is 0 Å². The maximum Gasteiger partial charge on any atom is 0.261 e. The molecule has 0 N–H and O–H groups in total. The van der Waals surface area contributed by atoms with E-state index in [4.69, 9.17) is 9.47 Å². The SMILES string of the molecule is COc1ccc(OCC(=O)N(C2CCCC2)[C@@H]2CCS(=O)(=O)C2)c(C=O)c1. The molecule has 1 amide bonds. The Kier molecular flexibility index (Phi) is 6.04. The minimum absolute atomic E-state index is 0.0252. The summed E-state index contributed by atoms with van der Waals surface area (Å²) in [5, 5.41) is 0. The summed E-state index contributed by atoms with van der Waals surface area (Å²) in [6.07, 6.45) is 5.01. The van der Waals surface area contributed by atoms with E-state index in [2.05, 4.69) is 0 Å². The predicted octanol–water partition coefficient (Wildman–Crippen LogP) is 1.84. The molecule has 0 aromatic heterocycles. The van der Waals surface area contributed by atoms with Gasteiger partial charge in [-0.2, -0.15) is 0 Å². The molecule has 1 aliphatic heterocycles. The first-order valence-corrected chi connectivity index (χ1v) is 11.0. The lowest BCUT2D eigenvalue weighted by molar-refractivity contribution is -0.137. The topological polar surface area (TPSA) is 90.0 Å². The highest BCUT2D eigenvalue weighted by Crippen LogP contribution is 2.29. The van der Waals surface area contributed by atoms with Crippen molar-refractivity contribution in [1.82, 2.24) is 4.90 Å². The molecule has 0 radical (unpaired) electrons. The van der Waals surface area contributed by atoms with Gasteiger partial charge in [0, 0.05) is 12.1 Å². The van der Waals surface area contributed by atoms with E-state index in [1.54, 1.807) is 23.1 Å². The van der Waals surface area contributed by atoms with Gasteiger partial charge in [0.25, 0.3) is 5.91 Å². The number of carbonyl (C=O) groups excluding carboxylic acids is 2. The van der Waals surface area contributed by atoms with Gasteiger partial charge in [0.05, 0.1) is 24.2 Å². The Morgan fingerprint density at radius 1 is 1.22 bits per heavy atom. The first-order chi connectivity index (χ1) is 12.9. The fourth-order valence-electron chi connectivity index (χ4n) is 3.97. The van der Waals surface area contributed by atoms with Gasteiger partial charge in [-0.05, 0) is 37.5 Å². The van der Waals surface area contributed by atoms with E-state index >= 15 is 0 Å². The fraction of sp³-hybridized carbons (Fsp3) is 0.579. The molecule has 1 aromatic rings. The van der Waals surface area contributed by atoms with E-state index in [0.717, 1.165) is 25.7 Å². The van der Waals surface area contributed by atoms with Crippen molar-refractivity contribution in [2.75, 3.05) is 25.2 Å². The molecular formula is C19H25NO6S. The highest BCUT2D eigenvalue weighted by molar-refractivity contribution is 7.91. The van der Waals surface area contributed by atoms with Crippen LogP contribution in [-0.4, -0.2) is 62.8 Å². The van der Waals surface area contributed by atoms with Crippen LogP contribution in [0.1, 0.15) is 42.5 Å². The van der Waals surface area contributed by atoms with E-state index in [0.29, 0.717) is 29.8 Å². The van der Waals surface area contributed by atoms with Gasteiger partial charge in [-0.25, -0.2) is 8.42 Å². The first kappa shape index (κ1) is 19.7. The molecule has 27 heavy (non-hydrogen) atoms. The third-order valence-corrected chi connectivity index (χ3v) is 7.05. The highest BCUT2D eigenvalue weighted by Gasteiger charge is 2.39. The maximum atomic E-state index is 12.9. The normalized spacial score (nSPS) is 21.7. The smallest absolute Gasteiger partial charge is 0.261 e. The lowest BCUT2D eigenvalue weighted by Crippen LogP contribution is -2.48. The van der Waals surface area contributed by atoms with Crippen molar-refractivity contribution in [3.8, 4) is 11.5 Å². The van der Waals surface area contributed by atoms with E-state index < -0.39 is 9.84 Å². The third kappa shape index (κ3) is 4.61. The summed E-state index contributed by atoms with van der Waals surface area (Å²) in [5.74, 6) is 0.765. The van der Waals surface area contributed by atoms with Crippen molar-refractivity contribution >= 4 is 22.0 Å². The van der Waals surface area contributed by atoms with Gasteiger partial charge in [0.2, 0.25) is 0 Å². The zero-order valence-corrected chi connectivity index (χ0v) is 16.2. The average molecular weight is 395 g/mol. The molecule has 1 atom stereocenters. The Bertz CT molecular complexity index is 800. The Balaban J connectivity index is 1.72. The first-order valence-electron chi connectivity index (χ1n) is 9.21. The monoisotopic (exact) mass is 395 g/mol. The van der Waals surface area contributed by atoms with Gasteiger partial charge in [-0.1, -0.05) is 12.8 Å². The number of methoxy groups -OCH3 is 1.